The van der Waals surface area contributed by atoms with Gasteiger partial charge in [-0.1, -0.05) is 41.9 Å². The first-order chi connectivity index (χ1) is 13.8. The molecule has 0 aromatic heterocycles. The molecule has 0 saturated carbocycles. The van der Waals surface area contributed by atoms with Gasteiger partial charge in [0.05, 0.1) is 5.75 Å². The van der Waals surface area contributed by atoms with Gasteiger partial charge in [-0.3, -0.25) is 9.59 Å². The zero-order valence-electron chi connectivity index (χ0n) is 16.8. The Balaban J connectivity index is 2.07. The minimum Gasteiger partial charge on any atom is -0.352 e. The predicted octanol–water partition coefficient (Wildman–Crippen LogP) is 4.65. The van der Waals surface area contributed by atoms with Crippen LogP contribution in [0.4, 0.5) is 4.39 Å². The summed E-state index contributed by atoms with van der Waals surface area (Å²) in [6.45, 7) is 5.68. The Morgan fingerprint density at radius 1 is 1.10 bits per heavy atom. The number of nitrogens with zero attached hydrogens (tertiary/aromatic N) is 1. The van der Waals surface area contributed by atoms with Crippen LogP contribution < -0.4 is 5.32 Å². The molecule has 0 spiro atoms. The molecular formula is C22H26ClFN2O2S. The predicted molar refractivity (Wildman–Crippen MR) is 117 cm³/mol. The van der Waals surface area contributed by atoms with E-state index in [0.717, 1.165) is 11.1 Å². The number of rotatable bonds is 9. The van der Waals surface area contributed by atoms with Crippen molar-refractivity contribution in [2.24, 2.45) is 0 Å². The summed E-state index contributed by atoms with van der Waals surface area (Å²) in [5, 5.41) is 3.51. The summed E-state index contributed by atoms with van der Waals surface area (Å²) in [7, 11) is 0. The Kier molecular flexibility index (Phi) is 8.99. The maximum atomic E-state index is 13.2. The van der Waals surface area contributed by atoms with Crippen molar-refractivity contribution in [1.82, 2.24) is 10.2 Å². The second-order valence-corrected chi connectivity index (χ2v) is 8.46. The van der Waals surface area contributed by atoms with Crippen LogP contribution in [0.3, 0.4) is 0 Å². The summed E-state index contributed by atoms with van der Waals surface area (Å²) in [6, 6.07) is 12.8. The van der Waals surface area contributed by atoms with Crippen molar-refractivity contribution in [2.75, 3.05) is 5.75 Å². The van der Waals surface area contributed by atoms with E-state index in [1.165, 1.54) is 28.8 Å². The van der Waals surface area contributed by atoms with E-state index in [-0.39, 0.29) is 36.0 Å². The van der Waals surface area contributed by atoms with Crippen molar-refractivity contribution in [1.29, 1.82) is 0 Å². The number of hydrogen-bond acceptors (Lipinski definition) is 3. The van der Waals surface area contributed by atoms with Crippen molar-refractivity contribution in [3.05, 3.63) is 70.5 Å². The molecule has 0 aliphatic heterocycles. The van der Waals surface area contributed by atoms with Crippen LogP contribution in [0.2, 0.25) is 5.02 Å². The van der Waals surface area contributed by atoms with Crippen molar-refractivity contribution in [3.8, 4) is 0 Å². The molecule has 0 aliphatic rings. The first-order valence-corrected chi connectivity index (χ1v) is 11.0. The fourth-order valence-electron chi connectivity index (χ4n) is 2.72. The van der Waals surface area contributed by atoms with Gasteiger partial charge in [-0.2, -0.15) is 0 Å². The van der Waals surface area contributed by atoms with E-state index in [2.05, 4.69) is 5.32 Å². The summed E-state index contributed by atoms with van der Waals surface area (Å²) in [5.41, 5.74) is 1.72. The molecule has 0 aliphatic carbocycles. The Morgan fingerprint density at radius 2 is 1.76 bits per heavy atom. The van der Waals surface area contributed by atoms with Crippen LogP contribution in [-0.2, 0) is 21.9 Å². The SMILES string of the molecule is CC(C)NC(=O)[C@@H](C)N(Cc1ccc(F)cc1)C(=O)CSCc1ccccc1Cl. The van der Waals surface area contributed by atoms with E-state index in [9.17, 15) is 14.0 Å². The molecule has 0 unspecified atom stereocenters. The number of nitrogens with one attached hydrogen (secondary N) is 1. The van der Waals surface area contributed by atoms with Crippen LogP contribution in [0.5, 0.6) is 0 Å². The minimum absolute atomic E-state index is 0.0256. The maximum absolute atomic E-state index is 13.2. The Bertz CT molecular complexity index is 830. The van der Waals surface area contributed by atoms with Crippen molar-refractivity contribution >= 4 is 35.2 Å². The number of halogens is 2. The van der Waals surface area contributed by atoms with Crippen molar-refractivity contribution in [2.45, 2.75) is 45.2 Å². The second-order valence-electron chi connectivity index (χ2n) is 7.07. The van der Waals surface area contributed by atoms with Crippen LogP contribution in [0.1, 0.15) is 31.9 Å². The largest absolute Gasteiger partial charge is 0.352 e. The van der Waals surface area contributed by atoms with Gasteiger partial charge in [0.15, 0.2) is 0 Å². The second kappa shape index (κ2) is 11.2. The van der Waals surface area contributed by atoms with Gasteiger partial charge in [0.25, 0.3) is 0 Å². The standard InChI is InChI=1S/C22H26ClFN2O2S/c1-15(2)25-22(28)16(3)26(12-17-8-10-19(24)11-9-17)21(27)14-29-13-18-6-4-5-7-20(18)23/h4-11,15-16H,12-14H2,1-3H3,(H,25,28)/t16-/m1/s1. The van der Waals surface area contributed by atoms with Crippen molar-refractivity contribution < 1.29 is 14.0 Å². The van der Waals surface area contributed by atoms with E-state index in [1.54, 1.807) is 19.1 Å². The van der Waals surface area contributed by atoms with E-state index < -0.39 is 6.04 Å². The fourth-order valence-corrected chi connectivity index (χ4v) is 3.92. The van der Waals surface area contributed by atoms with Gasteiger partial charge in [-0.05, 0) is 50.1 Å². The molecule has 156 valence electrons. The molecular weight excluding hydrogens is 411 g/mol. The average molecular weight is 437 g/mol. The molecule has 0 bridgehead atoms. The van der Waals surface area contributed by atoms with Gasteiger partial charge in [-0.25, -0.2) is 4.39 Å². The molecule has 2 amide bonds. The molecule has 1 atom stereocenters. The number of carbonyl (C=O) groups is 2. The smallest absolute Gasteiger partial charge is 0.242 e. The molecule has 2 aromatic carbocycles. The molecule has 2 rings (SSSR count). The molecule has 0 saturated heterocycles. The lowest BCUT2D eigenvalue weighted by Crippen LogP contribution is -2.49. The lowest BCUT2D eigenvalue weighted by molar-refractivity contribution is -0.138. The minimum atomic E-state index is -0.643. The monoisotopic (exact) mass is 436 g/mol. The Hall–Kier alpha value is -2.05. The van der Waals surface area contributed by atoms with Crippen LogP contribution in [0.15, 0.2) is 48.5 Å². The molecule has 4 nitrogen and oxygen atoms in total. The molecule has 29 heavy (non-hydrogen) atoms. The lowest BCUT2D eigenvalue weighted by Gasteiger charge is -2.29. The molecule has 0 heterocycles. The van der Waals surface area contributed by atoms with Gasteiger partial charge in [-0.15, -0.1) is 11.8 Å². The maximum Gasteiger partial charge on any atom is 0.242 e. The van der Waals surface area contributed by atoms with E-state index >= 15 is 0 Å². The van der Waals surface area contributed by atoms with Crippen LogP contribution >= 0.6 is 23.4 Å². The number of hydrogen-bond donors (Lipinski definition) is 1. The normalized spacial score (nSPS) is 11.9. The van der Waals surface area contributed by atoms with Crippen LogP contribution in [0, 0.1) is 5.82 Å². The summed E-state index contributed by atoms with van der Waals surface area (Å²) >= 11 is 7.62. The highest BCUT2D eigenvalue weighted by Crippen LogP contribution is 2.21. The summed E-state index contributed by atoms with van der Waals surface area (Å²) in [4.78, 5) is 27.0. The summed E-state index contributed by atoms with van der Waals surface area (Å²) in [5.74, 6) is 0.102. The van der Waals surface area contributed by atoms with Crippen LogP contribution in [0.25, 0.3) is 0 Å². The zero-order valence-corrected chi connectivity index (χ0v) is 18.4. The lowest BCUT2D eigenvalue weighted by atomic mass is 10.1. The third kappa shape index (κ3) is 7.37. The van der Waals surface area contributed by atoms with Gasteiger partial charge < -0.3 is 10.2 Å². The fraction of sp³-hybridized carbons (Fsp3) is 0.364. The first kappa shape index (κ1) is 23.2. The number of carbonyl (C=O) groups excluding carboxylic acids is 2. The summed E-state index contributed by atoms with van der Waals surface area (Å²) in [6.07, 6.45) is 0. The first-order valence-electron chi connectivity index (χ1n) is 9.43. The van der Waals surface area contributed by atoms with Gasteiger partial charge in [0.1, 0.15) is 11.9 Å². The quantitative estimate of drug-likeness (QED) is 0.622. The average Bonchev–Trinajstić information content (AvgIpc) is 2.68. The van der Waals surface area contributed by atoms with E-state index in [1.807, 2.05) is 38.1 Å². The highest BCUT2D eigenvalue weighted by atomic mass is 35.5. The Morgan fingerprint density at radius 3 is 2.38 bits per heavy atom. The molecule has 0 fully saturated rings. The van der Waals surface area contributed by atoms with E-state index in [4.69, 9.17) is 11.6 Å². The van der Waals surface area contributed by atoms with Gasteiger partial charge >= 0.3 is 0 Å². The number of amides is 2. The zero-order chi connectivity index (χ0) is 21.4. The molecule has 1 N–H and O–H groups in total. The molecule has 7 heteroatoms. The highest BCUT2D eigenvalue weighted by molar-refractivity contribution is 7.99. The highest BCUT2D eigenvalue weighted by Gasteiger charge is 2.26. The third-order valence-electron chi connectivity index (χ3n) is 4.31. The number of benzene rings is 2. The summed E-state index contributed by atoms with van der Waals surface area (Å²) < 4.78 is 13.2. The van der Waals surface area contributed by atoms with Gasteiger partial charge in [0.2, 0.25) is 11.8 Å². The number of thioether (sulfide) groups is 1. The van der Waals surface area contributed by atoms with E-state index in [0.29, 0.717) is 10.8 Å². The Labute approximate surface area is 180 Å². The third-order valence-corrected chi connectivity index (χ3v) is 5.64. The van der Waals surface area contributed by atoms with Crippen LogP contribution in [-0.4, -0.2) is 34.6 Å². The topological polar surface area (TPSA) is 49.4 Å². The van der Waals surface area contributed by atoms with Gasteiger partial charge in [0, 0.05) is 23.4 Å². The van der Waals surface area contributed by atoms with Crippen molar-refractivity contribution in [3.63, 3.8) is 0 Å². The molecule has 0 radical (unpaired) electrons. The molecule has 2 aromatic rings.